The van der Waals surface area contributed by atoms with Gasteiger partial charge in [-0.15, -0.1) is 0 Å². The third kappa shape index (κ3) is 11.4. The van der Waals surface area contributed by atoms with Crippen LogP contribution in [0.5, 0.6) is 0 Å². The van der Waals surface area contributed by atoms with Crippen LogP contribution in [0.4, 0.5) is 4.79 Å². The standard InChI is InChI=1S/C38H51N3O4/c1-7-8-9-10-17-25-41(36(43)32(26-30-21-13-11-14-22-30)40-37(44)45-38(4,5)6)34(33-28(2)19-18-20-29(33)3)35(42)39-27-31-23-15-12-16-24-31/h11-16,18-24,32,34H,7-10,17,25-27H2,1-6H3,(H,39,42)(H,40,44). The summed E-state index contributed by atoms with van der Waals surface area (Å²) in [7, 11) is 0. The molecule has 0 aromatic heterocycles. The number of aryl methyl sites for hydroxylation is 2. The molecule has 0 spiro atoms. The summed E-state index contributed by atoms with van der Waals surface area (Å²) >= 11 is 0. The number of carbonyl (C=O) groups excluding carboxylic acids is 3. The van der Waals surface area contributed by atoms with Gasteiger partial charge in [-0.25, -0.2) is 4.79 Å². The lowest BCUT2D eigenvalue weighted by molar-refractivity contribution is -0.142. The highest BCUT2D eigenvalue weighted by molar-refractivity contribution is 5.92. The Morgan fingerprint density at radius 3 is 1.93 bits per heavy atom. The van der Waals surface area contributed by atoms with E-state index in [1.165, 1.54) is 0 Å². The zero-order chi connectivity index (χ0) is 32.8. The SMILES string of the molecule is CCCCCCCN(C(=O)C(Cc1ccccc1)NC(=O)OC(C)(C)C)C(C(=O)NCc1ccccc1)c1c(C)cccc1C. The van der Waals surface area contributed by atoms with Crippen molar-refractivity contribution in [1.29, 1.82) is 0 Å². The Kier molecular flexibility index (Phi) is 13.7. The number of amides is 3. The van der Waals surface area contributed by atoms with Gasteiger partial charge >= 0.3 is 6.09 Å². The lowest BCUT2D eigenvalue weighted by atomic mass is 9.93. The zero-order valence-corrected chi connectivity index (χ0v) is 27.9. The maximum absolute atomic E-state index is 14.8. The predicted molar refractivity (Wildman–Crippen MR) is 181 cm³/mol. The molecule has 0 bridgehead atoms. The molecule has 45 heavy (non-hydrogen) atoms. The summed E-state index contributed by atoms with van der Waals surface area (Å²) in [5.41, 5.74) is 3.79. The summed E-state index contributed by atoms with van der Waals surface area (Å²) in [5, 5.41) is 5.97. The van der Waals surface area contributed by atoms with E-state index in [4.69, 9.17) is 4.74 Å². The number of hydrogen-bond acceptors (Lipinski definition) is 4. The second-order valence-corrected chi connectivity index (χ2v) is 12.7. The molecule has 242 valence electrons. The molecule has 3 amide bonds. The Morgan fingerprint density at radius 2 is 1.36 bits per heavy atom. The fraction of sp³-hybridized carbons (Fsp3) is 0.447. The fourth-order valence-electron chi connectivity index (χ4n) is 5.52. The van der Waals surface area contributed by atoms with Gasteiger partial charge in [0, 0.05) is 19.5 Å². The van der Waals surface area contributed by atoms with Crippen molar-refractivity contribution >= 4 is 17.9 Å². The minimum atomic E-state index is -0.938. The summed E-state index contributed by atoms with van der Waals surface area (Å²) in [4.78, 5) is 43.8. The van der Waals surface area contributed by atoms with Crippen LogP contribution in [-0.2, 0) is 27.3 Å². The molecule has 7 nitrogen and oxygen atoms in total. The normalized spacial score (nSPS) is 12.6. The van der Waals surface area contributed by atoms with Crippen LogP contribution in [0.15, 0.2) is 78.9 Å². The van der Waals surface area contributed by atoms with E-state index >= 15 is 0 Å². The van der Waals surface area contributed by atoms with Crippen LogP contribution >= 0.6 is 0 Å². The minimum Gasteiger partial charge on any atom is -0.444 e. The van der Waals surface area contributed by atoms with Crippen LogP contribution in [0.3, 0.4) is 0 Å². The lowest BCUT2D eigenvalue weighted by Crippen LogP contribution is -2.54. The van der Waals surface area contributed by atoms with Gasteiger partial charge in [-0.1, -0.05) is 111 Å². The van der Waals surface area contributed by atoms with Crippen LogP contribution in [0, 0.1) is 13.8 Å². The molecule has 0 aliphatic rings. The van der Waals surface area contributed by atoms with E-state index in [0.29, 0.717) is 13.1 Å². The second-order valence-electron chi connectivity index (χ2n) is 12.7. The lowest BCUT2D eigenvalue weighted by Gasteiger charge is -2.36. The van der Waals surface area contributed by atoms with Gasteiger partial charge in [-0.05, 0) is 68.9 Å². The summed E-state index contributed by atoms with van der Waals surface area (Å²) in [6.07, 6.45) is 4.54. The van der Waals surface area contributed by atoms with E-state index in [-0.39, 0.29) is 18.2 Å². The Hall–Kier alpha value is -4.13. The van der Waals surface area contributed by atoms with Crippen molar-refractivity contribution in [3.8, 4) is 0 Å². The van der Waals surface area contributed by atoms with Crippen molar-refractivity contribution in [1.82, 2.24) is 15.5 Å². The zero-order valence-electron chi connectivity index (χ0n) is 27.9. The first-order valence-corrected chi connectivity index (χ1v) is 16.2. The quantitative estimate of drug-likeness (QED) is 0.173. The largest absolute Gasteiger partial charge is 0.444 e. The predicted octanol–water partition coefficient (Wildman–Crippen LogP) is 7.60. The molecular formula is C38H51N3O4. The van der Waals surface area contributed by atoms with Gasteiger partial charge in [0.1, 0.15) is 17.7 Å². The van der Waals surface area contributed by atoms with Crippen LogP contribution in [0.25, 0.3) is 0 Å². The van der Waals surface area contributed by atoms with Crippen LogP contribution in [0.2, 0.25) is 0 Å². The maximum atomic E-state index is 14.8. The highest BCUT2D eigenvalue weighted by Crippen LogP contribution is 2.30. The van der Waals surface area contributed by atoms with E-state index in [0.717, 1.165) is 59.9 Å². The summed E-state index contributed by atoms with van der Waals surface area (Å²) in [5.74, 6) is -0.573. The average Bonchev–Trinajstić information content (AvgIpc) is 2.99. The molecule has 0 radical (unpaired) electrons. The molecule has 0 heterocycles. The summed E-state index contributed by atoms with van der Waals surface area (Å²) in [6.45, 7) is 12.2. The number of alkyl carbamates (subject to hydrolysis) is 1. The van der Waals surface area contributed by atoms with Gasteiger partial charge < -0.3 is 20.3 Å². The Balaban J connectivity index is 2.06. The molecule has 0 aliphatic carbocycles. The van der Waals surface area contributed by atoms with Crippen LogP contribution in [0.1, 0.15) is 93.7 Å². The molecule has 2 unspecified atom stereocenters. The fourth-order valence-corrected chi connectivity index (χ4v) is 5.52. The van der Waals surface area contributed by atoms with Crippen LogP contribution in [-0.4, -0.2) is 41.0 Å². The van der Waals surface area contributed by atoms with Gasteiger partial charge in [0.15, 0.2) is 0 Å². The number of rotatable bonds is 15. The molecule has 3 rings (SSSR count). The highest BCUT2D eigenvalue weighted by Gasteiger charge is 2.37. The molecule has 0 fully saturated rings. The molecule has 0 aliphatic heterocycles. The number of ether oxygens (including phenoxy) is 1. The van der Waals surface area contributed by atoms with E-state index in [1.54, 1.807) is 25.7 Å². The van der Waals surface area contributed by atoms with E-state index in [1.807, 2.05) is 92.7 Å². The van der Waals surface area contributed by atoms with E-state index in [2.05, 4.69) is 17.6 Å². The van der Waals surface area contributed by atoms with Gasteiger partial charge in [-0.3, -0.25) is 9.59 Å². The van der Waals surface area contributed by atoms with Crippen molar-refractivity contribution in [2.24, 2.45) is 0 Å². The Labute approximate surface area is 269 Å². The van der Waals surface area contributed by atoms with Crippen molar-refractivity contribution < 1.29 is 19.1 Å². The number of unbranched alkanes of at least 4 members (excludes halogenated alkanes) is 4. The van der Waals surface area contributed by atoms with Crippen molar-refractivity contribution in [3.05, 3.63) is 107 Å². The van der Waals surface area contributed by atoms with E-state index in [9.17, 15) is 14.4 Å². The molecule has 2 atom stereocenters. The highest BCUT2D eigenvalue weighted by atomic mass is 16.6. The Morgan fingerprint density at radius 1 is 0.778 bits per heavy atom. The summed E-state index contributed by atoms with van der Waals surface area (Å²) < 4.78 is 5.58. The Bertz CT molecular complexity index is 1350. The van der Waals surface area contributed by atoms with E-state index < -0.39 is 23.8 Å². The number of carbonyl (C=O) groups is 3. The second kappa shape index (κ2) is 17.4. The van der Waals surface area contributed by atoms with Crippen molar-refractivity contribution in [2.45, 2.75) is 104 Å². The van der Waals surface area contributed by atoms with Crippen molar-refractivity contribution in [3.63, 3.8) is 0 Å². The third-order valence-corrected chi connectivity index (χ3v) is 7.74. The molecule has 0 saturated heterocycles. The molecule has 3 aromatic carbocycles. The minimum absolute atomic E-state index is 0.256. The molecule has 3 aromatic rings. The third-order valence-electron chi connectivity index (χ3n) is 7.74. The smallest absolute Gasteiger partial charge is 0.408 e. The number of benzene rings is 3. The van der Waals surface area contributed by atoms with Gasteiger partial charge in [0.25, 0.3) is 0 Å². The first-order valence-electron chi connectivity index (χ1n) is 16.2. The van der Waals surface area contributed by atoms with Gasteiger partial charge in [-0.2, -0.15) is 0 Å². The first kappa shape index (κ1) is 35.4. The van der Waals surface area contributed by atoms with Gasteiger partial charge in [0.05, 0.1) is 0 Å². The first-order chi connectivity index (χ1) is 21.5. The average molecular weight is 614 g/mol. The number of hydrogen-bond donors (Lipinski definition) is 2. The molecule has 0 saturated carbocycles. The monoisotopic (exact) mass is 613 g/mol. The van der Waals surface area contributed by atoms with Crippen molar-refractivity contribution in [2.75, 3.05) is 6.54 Å². The number of nitrogens with zero attached hydrogens (tertiary/aromatic N) is 1. The molecule has 7 heteroatoms. The summed E-state index contributed by atoms with van der Waals surface area (Å²) in [6, 6.07) is 23.4. The molecular weight excluding hydrogens is 562 g/mol. The van der Waals surface area contributed by atoms with Crippen LogP contribution < -0.4 is 10.6 Å². The molecule has 2 N–H and O–H groups in total. The maximum Gasteiger partial charge on any atom is 0.408 e. The number of nitrogens with one attached hydrogen (secondary N) is 2. The van der Waals surface area contributed by atoms with Gasteiger partial charge in [0.2, 0.25) is 11.8 Å². The topological polar surface area (TPSA) is 87.7 Å².